The molecule has 1 aromatic heterocycles. The van der Waals surface area contributed by atoms with Gasteiger partial charge in [0, 0.05) is 12.0 Å². The molecule has 2 atom stereocenters. The van der Waals surface area contributed by atoms with Gasteiger partial charge < -0.3 is 10.5 Å². The van der Waals surface area contributed by atoms with E-state index in [-0.39, 0.29) is 23.4 Å². The van der Waals surface area contributed by atoms with E-state index in [2.05, 4.69) is 14.7 Å². The first-order valence-electron chi connectivity index (χ1n) is 10.4. The van der Waals surface area contributed by atoms with Crippen LogP contribution in [-0.2, 0) is 12.0 Å². The third-order valence-corrected chi connectivity index (χ3v) is 5.20. The number of alkyl halides is 3. The number of nitrogens with two attached hydrogens (primary N) is 1. The van der Waals surface area contributed by atoms with E-state index in [1.165, 1.54) is 18.2 Å². The van der Waals surface area contributed by atoms with Crippen molar-refractivity contribution in [3.63, 3.8) is 0 Å². The molecule has 0 aliphatic carbocycles. The van der Waals surface area contributed by atoms with Crippen LogP contribution in [-0.4, -0.2) is 35.2 Å². The molecule has 0 spiro atoms. The lowest BCUT2D eigenvalue weighted by Crippen LogP contribution is -2.56. The van der Waals surface area contributed by atoms with Gasteiger partial charge in [0.15, 0.2) is 17.0 Å². The minimum atomic E-state index is -3.76. The topological polar surface area (TPSA) is 77.6 Å². The van der Waals surface area contributed by atoms with Gasteiger partial charge in [-0.05, 0) is 43.7 Å². The smallest absolute Gasteiger partial charge is 0.280 e. The predicted molar refractivity (Wildman–Crippen MR) is 103 cm³/mol. The number of aromatic nitrogens is 1. The Hall–Kier alpha value is -2.97. The molecule has 160 valence electrons. The fourth-order valence-electron chi connectivity index (χ4n) is 3.31. The van der Waals surface area contributed by atoms with Crippen molar-refractivity contribution in [2.24, 2.45) is 10.7 Å². The normalized spacial score (nSPS) is 27.4. The van der Waals surface area contributed by atoms with E-state index in [0.29, 0.717) is 0 Å². The van der Waals surface area contributed by atoms with Crippen molar-refractivity contribution >= 4 is 11.6 Å². The zero-order valence-corrected chi connectivity index (χ0v) is 16.2. The van der Waals surface area contributed by atoms with Crippen molar-refractivity contribution in [2.45, 2.75) is 43.8 Å². The SMILES string of the molecule is [2H]C([2H])([2H])Oc1ccc(C(=O)Cc2ccc(F)c([C@@]3(C)N=C(N)[C@@](C)(F)CC3(F)F)c2)nc1. The largest absolute Gasteiger partial charge is 0.495 e. The van der Waals surface area contributed by atoms with Gasteiger partial charge in [0.1, 0.15) is 23.1 Å². The molecule has 0 saturated heterocycles. The number of rotatable bonds is 5. The molecule has 0 amide bonds. The van der Waals surface area contributed by atoms with Gasteiger partial charge in [-0.2, -0.15) is 0 Å². The van der Waals surface area contributed by atoms with Gasteiger partial charge in [-0.15, -0.1) is 0 Å². The number of ether oxygens (including phenoxy) is 1. The second-order valence-corrected chi connectivity index (χ2v) is 7.54. The molecule has 1 aliphatic heterocycles. The van der Waals surface area contributed by atoms with Crippen molar-refractivity contribution < 1.29 is 31.2 Å². The summed E-state index contributed by atoms with van der Waals surface area (Å²) < 4.78 is 84.6. The zero-order chi connectivity index (χ0) is 24.8. The van der Waals surface area contributed by atoms with Crippen LogP contribution in [0.2, 0.25) is 0 Å². The van der Waals surface area contributed by atoms with Gasteiger partial charge in [0.2, 0.25) is 0 Å². The number of hydrogen-bond donors (Lipinski definition) is 1. The number of nitrogens with zero attached hydrogens (tertiary/aromatic N) is 2. The Morgan fingerprint density at radius 1 is 1.27 bits per heavy atom. The molecule has 2 N–H and O–H groups in total. The molecular formula is C21H21F4N3O2. The summed E-state index contributed by atoms with van der Waals surface area (Å²) in [6.07, 6.45) is -0.533. The second kappa shape index (κ2) is 7.37. The van der Waals surface area contributed by atoms with Crippen molar-refractivity contribution in [2.75, 3.05) is 7.04 Å². The summed E-state index contributed by atoms with van der Waals surface area (Å²) in [6, 6.07) is 5.74. The predicted octanol–water partition coefficient (Wildman–Crippen LogP) is 3.99. The fraction of sp³-hybridized carbons (Fsp3) is 0.381. The van der Waals surface area contributed by atoms with Gasteiger partial charge in [0.25, 0.3) is 5.92 Å². The van der Waals surface area contributed by atoms with Crippen molar-refractivity contribution in [3.05, 3.63) is 59.2 Å². The quantitative estimate of drug-likeness (QED) is 0.579. The third-order valence-electron chi connectivity index (χ3n) is 5.20. The van der Waals surface area contributed by atoms with Crippen molar-refractivity contribution in [1.82, 2.24) is 4.98 Å². The number of methoxy groups -OCH3 is 1. The molecule has 0 fully saturated rings. The number of benzene rings is 1. The van der Waals surface area contributed by atoms with E-state index in [1.54, 1.807) is 0 Å². The van der Waals surface area contributed by atoms with Crippen LogP contribution < -0.4 is 10.5 Å². The molecule has 1 aliphatic rings. The van der Waals surface area contributed by atoms with E-state index in [4.69, 9.17) is 9.85 Å². The number of aliphatic imine (C=N–C) groups is 1. The number of hydrogen-bond acceptors (Lipinski definition) is 5. The van der Waals surface area contributed by atoms with E-state index in [1.807, 2.05) is 0 Å². The fourth-order valence-corrected chi connectivity index (χ4v) is 3.31. The number of amidine groups is 1. The van der Waals surface area contributed by atoms with E-state index in [9.17, 15) is 22.4 Å². The summed E-state index contributed by atoms with van der Waals surface area (Å²) in [7, 11) is -2.68. The van der Waals surface area contributed by atoms with Crippen molar-refractivity contribution in [3.8, 4) is 5.75 Å². The number of halogens is 4. The summed E-state index contributed by atoms with van der Waals surface area (Å²) in [6.45, 7) is 1.84. The van der Waals surface area contributed by atoms with Crippen LogP contribution in [0.3, 0.4) is 0 Å². The highest BCUT2D eigenvalue weighted by Crippen LogP contribution is 2.50. The van der Waals surface area contributed by atoms with Crippen molar-refractivity contribution in [1.29, 1.82) is 0 Å². The number of carbonyl (C=O) groups is 1. The Bertz CT molecular complexity index is 1100. The summed E-state index contributed by atoms with van der Waals surface area (Å²) in [5, 5.41) is 0. The van der Waals surface area contributed by atoms with Crippen LogP contribution in [0.5, 0.6) is 5.75 Å². The monoisotopic (exact) mass is 426 g/mol. The minimum absolute atomic E-state index is 0.0385. The molecule has 1 aromatic carbocycles. The third kappa shape index (κ3) is 3.76. The molecule has 3 rings (SSSR count). The van der Waals surface area contributed by atoms with E-state index < -0.39 is 53.6 Å². The lowest BCUT2D eigenvalue weighted by molar-refractivity contribution is -0.106. The average Bonchev–Trinajstić information content (AvgIpc) is 2.66. The Kier molecular flexibility index (Phi) is 4.39. The molecule has 0 saturated carbocycles. The van der Waals surface area contributed by atoms with E-state index >= 15 is 0 Å². The van der Waals surface area contributed by atoms with Gasteiger partial charge in [-0.25, -0.2) is 22.5 Å². The molecule has 2 heterocycles. The van der Waals surface area contributed by atoms with Gasteiger partial charge >= 0.3 is 0 Å². The number of carbonyl (C=O) groups excluding carboxylic acids is 1. The number of Topliss-reactive ketones (excluding diaryl/α,β-unsaturated/α-hetero) is 1. The summed E-state index contributed by atoms with van der Waals surface area (Å²) in [5.74, 6) is -6.04. The van der Waals surface area contributed by atoms with Gasteiger partial charge in [-0.1, -0.05) is 6.07 Å². The van der Waals surface area contributed by atoms with Crippen LogP contribution in [0, 0.1) is 5.82 Å². The maximum absolute atomic E-state index is 14.9. The van der Waals surface area contributed by atoms with Gasteiger partial charge in [-0.3, -0.25) is 9.79 Å². The molecular weight excluding hydrogens is 402 g/mol. The lowest BCUT2D eigenvalue weighted by atomic mass is 9.77. The van der Waals surface area contributed by atoms with E-state index in [0.717, 1.165) is 32.2 Å². The number of pyridine rings is 1. The number of ketones is 1. The molecule has 2 aromatic rings. The standard InChI is InChI=1S/C21H21F4N3O2/c1-19(23)11-21(24,25)20(2,28-18(19)26)14-8-12(4-6-15(14)22)9-17(29)16-7-5-13(30-3)10-27-16/h4-8,10H,9,11H2,1-3H3,(H2,26,28)/t19-,20+/m0/s1/i3D3. The molecule has 0 radical (unpaired) electrons. The molecule has 5 nitrogen and oxygen atoms in total. The van der Waals surface area contributed by atoms with Crippen LogP contribution in [0.15, 0.2) is 41.5 Å². The molecule has 0 unspecified atom stereocenters. The zero-order valence-electron chi connectivity index (χ0n) is 19.2. The first-order valence-corrected chi connectivity index (χ1v) is 8.94. The highest BCUT2D eigenvalue weighted by molar-refractivity contribution is 5.95. The van der Waals surface area contributed by atoms with Crippen LogP contribution in [0.1, 0.15) is 46.0 Å². The molecule has 0 bridgehead atoms. The highest BCUT2D eigenvalue weighted by Gasteiger charge is 2.60. The Labute approximate surface area is 175 Å². The van der Waals surface area contributed by atoms with Crippen LogP contribution >= 0.6 is 0 Å². The Morgan fingerprint density at radius 2 is 2.00 bits per heavy atom. The summed E-state index contributed by atoms with van der Waals surface area (Å²) in [5.41, 5.74) is 0.166. The average molecular weight is 426 g/mol. The minimum Gasteiger partial charge on any atom is -0.495 e. The maximum atomic E-state index is 14.9. The first-order chi connectivity index (χ1) is 15.0. The lowest BCUT2D eigenvalue weighted by Gasteiger charge is -2.42. The van der Waals surface area contributed by atoms with Crippen LogP contribution in [0.25, 0.3) is 0 Å². The summed E-state index contributed by atoms with van der Waals surface area (Å²) in [4.78, 5) is 20.1. The molecule has 9 heteroatoms. The van der Waals surface area contributed by atoms with Gasteiger partial charge in [0.05, 0.1) is 23.8 Å². The second-order valence-electron chi connectivity index (χ2n) is 7.54. The Morgan fingerprint density at radius 3 is 2.63 bits per heavy atom. The highest BCUT2D eigenvalue weighted by atomic mass is 19.3. The Balaban J connectivity index is 1.89. The first kappa shape index (κ1) is 17.9. The maximum Gasteiger partial charge on any atom is 0.280 e. The molecule has 30 heavy (non-hydrogen) atoms. The summed E-state index contributed by atoms with van der Waals surface area (Å²) >= 11 is 0. The van der Waals surface area contributed by atoms with Crippen LogP contribution in [0.4, 0.5) is 17.6 Å².